The third-order valence-electron chi connectivity index (χ3n) is 4.25. The van der Waals surface area contributed by atoms with E-state index in [1.807, 2.05) is 0 Å². The molecule has 1 heteroatoms. The van der Waals surface area contributed by atoms with Gasteiger partial charge in [0.2, 0.25) is 0 Å². The second-order valence-corrected chi connectivity index (χ2v) is 14.5. The molecule has 0 aliphatic carbocycles. The Morgan fingerprint density at radius 1 is 0.619 bits per heavy atom. The second kappa shape index (κ2) is 10.0. The van der Waals surface area contributed by atoms with E-state index in [0.29, 0.717) is 0 Å². The van der Waals surface area contributed by atoms with E-state index in [9.17, 15) is 0 Å². The maximum atomic E-state index is 2.37. The van der Waals surface area contributed by atoms with Crippen molar-refractivity contribution in [1.29, 1.82) is 0 Å². The van der Waals surface area contributed by atoms with Gasteiger partial charge in [-0.3, -0.25) is 0 Å². The summed E-state index contributed by atoms with van der Waals surface area (Å²) in [6.45, 7) is 2.29. The molecule has 0 heterocycles. The van der Waals surface area contributed by atoms with E-state index in [1.54, 1.807) is 7.16 Å². The molecule has 0 amide bonds. The van der Waals surface area contributed by atoms with Crippen LogP contribution in [0.25, 0.3) is 0 Å². The minimum absolute atomic E-state index is 1.34. The van der Waals surface area contributed by atoms with Crippen LogP contribution >= 0.6 is 0 Å². The third-order valence-corrected chi connectivity index (χ3v) is 13.9. The summed E-state index contributed by atoms with van der Waals surface area (Å²) < 4.78 is 4.81. The third kappa shape index (κ3) is 5.86. The number of hydrogen-bond acceptors (Lipinski definition) is 0. The summed E-state index contributed by atoms with van der Waals surface area (Å²) >= 11 is -1.81. The van der Waals surface area contributed by atoms with Crippen LogP contribution in [0.15, 0.2) is 60.7 Å². The molecule has 0 aliphatic rings. The SMILES string of the molecule is CCCCCCC[CH2][SnH]([c]1ccccc1)[c]1ccccc1. The fraction of sp³-hybridized carbons (Fsp3) is 0.400. The molecule has 0 unspecified atom stereocenters. The van der Waals surface area contributed by atoms with Crippen molar-refractivity contribution in [2.75, 3.05) is 0 Å². The van der Waals surface area contributed by atoms with Crippen LogP contribution in [0.1, 0.15) is 45.4 Å². The normalized spacial score (nSPS) is 11.0. The summed E-state index contributed by atoms with van der Waals surface area (Å²) in [5.41, 5.74) is 0. The average Bonchev–Trinajstić information content (AvgIpc) is 2.56. The summed E-state index contributed by atoms with van der Waals surface area (Å²) in [5, 5.41) is 0. The Balaban J connectivity index is 1.94. The van der Waals surface area contributed by atoms with Gasteiger partial charge in [-0.15, -0.1) is 0 Å². The van der Waals surface area contributed by atoms with E-state index in [1.165, 1.54) is 43.0 Å². The molecule has 0 saturated heterocycles. The number of hydrogen-bond donors (Lipinski definition) is 0. The second-order valence-electron chi connectivity index (χ2n) is 5.93. The summed E-state index contributed by atoms with van der Waals surface area (Å²) in [5.74, 6) is 0. The summed E-state index contributed by atoms with van der Waals surface area (Å²) in [6.07, 6.45) is 8.45. The molecule has 112 valence electrons. The van der Waals surface area contributed by atoms with Gasteiger partial charge in [0.1, 0.15) is 0 Å². The Hall–Kier alpha value is -0.761. The van der Waals surface area contributed by atoms with Crippen molar-refractivity contribution < 1.29 is 0 Å². The summed E-state index contributed by atoms with van der Waals surface area (Å²) in [7, 11) is 0. The summed E-state index contributed by atoms with van der Waals surface area (Å²) in [4.78, 5) is 0. The van der Waals surface area contributed by atoms with Crippen LogP contribution in [0.4, 0.5) is 0 Å². The van der Waals surface area contributed by atoms with Crippen LogP contribution in [-0.4, -0.2) is 19.8 Å². The monoisotopic (exact) mass is 388 g/mol. The van der Waals surface area contributed by atoms with Gasteiger partial charge in [-0.1, -0.05) is 0 Å². The van der Waals surface area contributed by atoms with Gasteiger partial charge in [-0.05, 0) is 0 Å². The zero-order valence-corrected chi connectivity index (χ0v) is 16.6. The molecule has 0 saturated carbocycles. The molecule has 0 aromatic heterocycles. The Labute approximate surface area is 137 Å². The Bertz CT molecular complexity index is 438. The number of rotatable bonds is 9. The maximum absolute atomic E-state index is 2.37. The van der Waals surface area contributed by atoms with Crippen LogP contribution in [0.5, 0.6) is 0 Å². The van der Waals surface area contributed by atoms with Crippen molar-refractivity contribution in [3.8, 4) is 0 Å². The molecule has 2 rings (SSSR count). The van der Waals surface area contributed by atoms with E-state index in [-0.39, 0.29) is 0 Å². The van der Waals surface area contributed by atoms with Gasteiger partial charge in [0, 0.05) is 0 Å². The molecular formula is C20H28Sn. The first-order valence-corrected chi connectivity index (χ1v) is 14.1. The van der Waals surface area contributed by atoms with E-state index in [4.69, 9.17) is 0 Å². The van der Waals surface area contributed by atoms with Gasteiger partial charge in [0.05, 0.1) is 0 Å². The molecule has 0 bridgehead atoms. The van der Waals surface area contributed by atoms with Gasteiger partial charge < -0.3 is 0 Å². The van der Waals surface area contributed by atoms with E-state index in [0.717, 1.165) is 0 Å². The fourth-order valence-corrected chi connectivity index (χ4v) is 11.9. The molecule has 0 fully saturated rings. The first-order chi connectivity index (χ1) is 10.4. The fourth-order valence-electron chi connectivity index (χ4n) is 3.03. The van der Waals surface area contributed by atoms with E-state index in [2.05, 4.69) is 67.6 Å². The zero-order chi connectivity index (χ0) is 14.8. The number of benzene rings is 2. The van der Waals surface area contributed by atoms with Crippen LogP contribution in [0, 0.1) is 0 Å². The molecule has 0 radical (unpaired) electrons. The molecule has 0 spiro atoms. The first-order valence-electron chi connectivity index (χ1n) is 8.51. The van der Waals surface area contributed by atoms with Gasteiger partial charge in [-0.2, -0.15) is 0 Å². The molecule has 0 atom stereocenters. The number of unbranched alkanes of at least 4 members (excludes halogenated alkanes) is 5. The topological polar surface area (TPSA) is 0 Å². The molecule has 0 N–H and O–H groups in total. The van der Waals surface area contributed by atoms with Crippen molar-refractivity contribution in [3.63, 3.8) is 0 Å². The van der Waals surface area contributed by atoms with Gasteiger partial charge in [0.25, 0.3) is 0 Å². The molecule has 0 aliphatic heterocycles. The summed E-state index contributed by atoms with van der Waals surface area (Å²) in [6, 6.07) is 22.6. The Morgan fingerprint density at radius 2 is 1.10 bits per heavy atom. The standard InChI is InChI=1S/C8H17.2C6H5.Sn.H/c1-3-5-7-8-6-4-2;2*1-2-4-6-5-3-1;;/h1,3-8H2,2H3;2*1-5H;;. The Kier molecular flexibility index (Phi) is 7.94. The van der Waals surface area contributed by atoms with Crippen molar-refractivity contribution in [2.45, 2.75) is 49.9 Å². The molecule has 2 aromatic carbocycles. The molecule has 0 nitrogen and oxygen atoms in total. The van der Waals surface area contributed by atoms with Crippen LogP contribution < -0.4 is 7.16 Å². The molecule has 21 heavy (non-hydrogen) atoms. The van der Waals surface area contributed by atoms with Crippen LogP contribution in [0.3, 0.4) is 0 Å². The quantitative estimate of drug-likeness (QED) is 0.443. The van der Waals surface area contributed by atoms with E-state index >= 15 is 0 Å². The zero-order valence-electron chi connectivity index (χ0n) is 13.3. The van der Waals surface area contributed by atoms with Gasteiger partial charge in [0.15, 0.2) is 0 Å². The molecule has 2 aromatic rings. The van der Waals surface area contributed by atoms with Crippen molar-refractivity contribution >= 4 is 26.9 Å². The van der Waals surface area contributed by atoms with Crippen molar-refractivity contribution in [3.05, 3.63) is 60.7 Å². The van der Waals surface area contributed by atoms with Crippen molar-refractivity contribution in [2.24, 2.45) is 0 Å². The Morgan fingerprint density at radius 3 is 1.62 bits per heavy atom. The van der Waals surface area contributed by atoms with Gasteiger partial charge >= 0.3 is 137 Å². The minimum atomic E-state index is -1.81. The van der Waals surface area contributed by atoms with E-state index < -0.39 is 19.8 Å². The van der Waals surface area contributed by atoms with Crippen LogP contribution in [-0.2, 0) is 0 Å². The molecular weight excluding hydrogens is 359 g/mol. The predicted molar refractivity (Wildman–Crippen MR) is 97.5 cm³/mol. The predicted octanol–water partition coefficient (Wildman–Crippen LogP) is 4.39. The first kappa shape index (κ1) is 16.6. The van der Waals surface area contributed by atoms with Gasteiger partial charge in [-0.25, -0.2) is 0 Å². The van der Waals surface area contributed by atoms with Crippen molar-refractivity contribution in [1.82, 2.24) is 0 Å². The average molecular weight is 387 g/mol. The van der Waals surface area contributed by atoms with Crippen LogP contribution in [0.2, 0.25) is 4.44 Å².